The predicted octanol–water partition coefficient (Wildman–Crippen LogP) is 3.21. The Morgan fingerprint density at radius 3 is 2.74 bits per heavy atom. The van der Waals surface area contributed by atoms with E-state index in [1.54, 1.807) is 0 Å². The fraction of sp³-hybridized carbons (Fsp3) is 0.625. The summed E-state index contributed by atoms with van der Waals surface area (Å²) >= 11 is 2.37. The Hall–Kier alpha value is -0.130. The number of benzene rings is 1. The number of rotatable bonds is 2. The van der Waals surface area contributed by atoms with E-state index in [-0.39, 0.29) is 0 Å². The lowest BCUT2D eigenvalue weighted by atomic mass is 9.84. The Labute approximate surface area is 130 Å². The van der Waals surface area contributed by atoms with E-state index in [1.165, 1.54) is 48.0 Å². The summed E-state index contributed by atoms with van der Waals surface area (Å²) in [4.78, 5) is 5.25. The largest absolute Gasteiger partial charge is 0.303 e. The zero-order chi connectivity index (χ0) is 13.2. The van der Waals surface area contributed by atoms with Crippen LogP contribution in [0.25, 0.3) is 0 Å². The third kappa shape index (κ3) is 3.31. The summed E-state index contributed by atoms with van der Waals surface area (Å²) in [7, 11) is 2.31. The molecule has 2 atom stereocenters. The Morgan fingerprint density at radius 2 is 1.95 bits per heavy atom. The number of piperidine rings is 2. The van der Waals surface area contributed by atoms with Crippen LogP contribution in [0.15, 0.2) is 24.3 Å². The topological polar surface area (TPSA) is 6.48 Å². The minimum absolute atomic E-state index is 0.849. The van der Waals surface area contributed by atoms with Crippen molar-refractivity contribution in [2.75, 3.05) is 26.7 Å². The molecule has 0 N–H and O–H groups in total. The molecule has 19 heavy (non-hydrogen) atoms. The first-order valence-corrected chi connectivity index (χ1v) is 8.47. The van der Waals surface area contributed by atoms with Gasteiger partial charge in [0.1, 0.15) is 0 Å². The van der Waals surface area contributed by atoms with Crippen LogP contribution >= 0.6 is 22.6 Å². The van der Waals surface area contributed by atoms with E-state index in [9.17, 15) is 0 Å². The highest BCUT2D eigenvalue weighted by atomic mass is 127. The molecule has 0 amide bonds. The summed E-state index contributed by atoms with van der Waals surface area (Å²) in [6.45, 7) is 4.99. The van der Waals surface area contributed by atoms with Gasteiger partial charge in [-0.1, -0.05) is 12.1 Å². The second-order valence-corrected chi connectivity index (χ2v) is 7.35. The van der Waals surface area contributed by atoms with Gasteiger partial charge in [-0.25, -0.2) is 0 Å². The van der Waals surface area contributed by atoms with Crippen molar-refractivity contribution in [1.82, 2.24) is 9.80 Å². The average molecular weight is 370 g/mol. The second kappa shape index (κ2) is 6.10. The average Bonchev–Trinajstić information content (AvgIpc) is 2.42. The fourth-order valence-corrected chi connectivity index (χ4v) is 4.08. The van der Waals surface area contributed by atoms with Gasteiger partial charge in [-0.3, -0.25) is 4.90 Å². The van der Waals surface area contributed by atoms with Crippen LogP contribution < -0.4 is 0 Å². The van der Waals surface area contributed by atoms with Crippen LogP contribution in [0.1, 0.15) is 24.8 Å². The van der Waals surface area contributed by atoms with E-state index in [0.29, 0.717) is 0 Å². The van der Waals surface area contributed by atoms with Crippen LogP contribution in [0.4, 0.5) is 0 Å². The predicted molar refractivity (Wildman–Crippen MR) is 88.2 cm³/mol. The highest BCUT2D eigenvalue weighted by molar-refractivity contribution is 14.1. The Bertz CT molecular complexity index is 417. The summed E-state index contributed by atoms with van der Waals surface area (Å²) < 4.78 is 1.33. The van der Waals surface area contributed by atoms with E-state index >= 15 is 0 Å². The molecule has 2 fully saturated rings. The van der Waals surface area contributed by atoms with Crippen LogP contribution in [0.5, 0.6) is 0 Å². The lowest BCUT2D eigenvalue weighted by Gasteiger charge is -2.46. The first kappa shape index (κ1) is 13.8. The minimum atomic E-state index is 0.849. The standard InChI is InChI=1S/C16H23IN2/c1-18-9-2-3-14-12-19(10-8-16(14)18)11-13-4-6-15(17)7-5-13/h4-7,14,16H,2-3,8-12H2,1H3. The molecule has 3 heteroatoms. The molecule has 2 heterocycles. The summed E-state index contributed by atoms with van der Waals surface area (Å²) in [5.74, 6) is 0.899. The van der Waals surface area contributed by atoms with Gasteiger partial charge in [-0.15, -0.1) is 0 Å². The molecule has 2 unspecified atom stereocenters. The van der Waals surface area contributed by atoms with Crippen molar-refractivity contribution >= 4 is 22.6 Å². The van der Waals surface area contributed by atoms with Gasteiger partial charge >= 0.3 is 0 Å². The maximum absolute atomic E-state index is 2.66. The molecule has 0 radical (unpaired) electrons. The summed E-state index contributed by atoms with van der Waals surface area (Å²) in [5.41, 5.74) is 1.46. The van der Waals surface area contributed by atoms with Gasteiger partial charge in [-0.2, -0.15) is 0 Å². The third-order valence-corrected chi connectivity index (χ3v) is 5.47. The molecule has 2 aliphatic rings. The number of hydrogen-bond donors (Lipinski definition) is 0. The van der Waals surface area contributed by atoms with Crippen molar-refractivity contribution in [3.8, 4) is 0 Å². The molecule has 0 saturated carbocycles. The fourth-order valence-electron chi connectivity index (χ4n) is 3.72. The van der Waals surface area contributed by atoms with Crippen LogP contribution in [0.3, 0.4) is 0 Å². The van der Waals surface area contributed by atoms with E-state index in [4.69, 9.17) is 0 Å². The van der Waals surface area contributed by atoms with Gasteiger partial charge in [-0.05, 0) is 85.6 Å². The molecule has 0 aromatic heterocycles. The number of fused-ring (bicyclic) bond motifs is 1. The van der Waals surface area contributed by atoms with Gasteiger partial charge in [0, 0.05) is 22.7 Å². The maximum Gasteiger partial charge on any atom is 0.0233 e. The summed E-state index contributed by atoms with van der Waals surface area (Å²) in [6.07, 6.45) is 4.17. The Kier molecular flexibility index (Phi) is 4.44. The normalized spacial score (nSPS) is 29.2. The molecule has 2 nitrogen and oxygen atoms in total. The van der Waals surface area contributed by atoms with Crippen LogP contribution in [-0.2, 0) is 6.54 Å². The van der Waals surface area contributed by atoms with Gasteiger partial charge in [0.15, 0.2) is 0 Å². The first-order chi connectivity index (χ1) is 9.22. The number of halogens is 1. The molecule has 2 saturated heterocycles. The molecule has 0 aliphatic carbocycles. The highest BCUT2D eigenvalue weighted by Crippen LogP contribution is 2.30. The van der Waals surface area contributed by atoms with E-state index in [2.05, 4.69) is 63.7 Å². The van der Waals surface area contributed by atoms with E-state index in [0.717, 1.165) is 18.5 Å². The van der Waals surface area contributed by atoms with Crippen LogP contribution in [-0.4, -0.2) is 42.5 Å². The molecule has 2 aliphatic heterocycles. The smallest absolute Gasteiger partial charge is 0.0233 e. The van der Waals surface area contributed by atoms with E-state index < -0.39 is 0 Å². The van der Waals surface area contributed by atoms with Crippen molar-refractivity contribution in [3.63, 3.8) is 0 Å². The molecule has 1 aromatic rings. The van der Waals surface area contributed by atoms with Gasteiger partial charge in [0.2, 0.25) is 0 Å². The van der Waals surface area contributed by atoms with E-state index in [1.807, 2.05) is 0 Å². The van der Waals surface area contributed by atoms with Crippen LogP contribution in [0, 0.1) is 9.49 Å². The monoisotopic (exact) mass is 370 g/mol. The lowest BCUT2D eigenvalue weighted by molar-refractivity contribution is 0.0355. The molecule has 0 spiro atoms. The van der Waals surface area contributed by atoms with Crippen molar-refractivity contribution in [2.24, 2.45) is 5.92 Å². The highest BCUT2D eigenvalue weighted by Gasteiger charge is 2.33. The quantitative estimate of drug-likeness (QED) is 0.738. The summed E-state index contributed by atoms with van der Waals surface area (Å²) in [6, 6.07) is 9.84. The van der Waals surface area contributed by atoms with Gasteiger partial charge in [0.25, 0.3) is 0 Å². The zero-order valence-electron chi connectivity index (χ0n) is 11.7. The van der Waals surface area contributed by atoms with Gasteiger partial charge < -0.3 is 4.90 Å². The number of nitrogens with zero attached hydrogens (tertiary/aromatic N) is 2. The zero-order valence-corrected chi connectivity index (χ0v) is 13.8. The van der Waals surface area contributed by atoms with Gasteiger partial charge in [0.05, 0.1) is 0 Å². The number of likely N-dealkylation sites (tertiary alicyclic amines) is 2. The van der Waals surface area contributed by atoms with Crippen molar-refractivity contribution in [3.05, 3.63) is 33.4 Å². The Morgan fingerprint density at radius 1 is 1.16 bits per heavy atom. The maximum atomic E-state index is 2.66. The van der Waals surface area contributed by atoms with Crippen molar-refractivity contribution in [1.29, 1.82) is 0 Å². The summed E-state index contributed by atoms with van der Waals surface area (Å²) in [5, 5.41) is 0. The Balaban J connectivity index is 1.60. The second-order valence-electron chi connectivity index (χ2n) is 6.10. The molecule has 3 rings (SSSR count). The van der Waals surface area contributed by atoms with Crippen molar-refractivity contribution < 1.29 is 0 Å². The lowest BCUT2D eigenvalue weighted by Crippen LogP contribution is -2.52. The molecule has 1 aromatic carbocycles. The first-order valence-electron chi connectivity index (χ1n) is 7.39. The SMILES string of the molecule is CN1CCCC2CN(Cc3ccc(I)cc3)CCC21. The van der Waals surface area contributed by atoms with Crippen molar-refractivity contribution in [2.45, 2.75) is 31.8 Å². The van der Waals surface area contributed by atoms with Crippen LogP contribution in [0.2, 0.25) is 0 Å². The molecule has 0 bridgehead atoms. The molecular weight excluding hydrogens is 347 g/mol. The molecule has 104 valence electrons. The third-order valence-electron chi connectivity index (χ3n) is 4.75. The minimum Gasteiger partial charge on any atom is -0.303 e. The number of hydrogen-bond acceptors (Lipinski definition) is 2. The molecular formula is C16H23IN2.